The van der Waals surface area contributed by atoms with E-state index in [9.17, 15) is 4.79 Å². The number of oxime groups is 1. The van der Waals surface area contributed by atoms with Crippen molar-refractivity contribution in [3.8, 4) is 0 Å². The summed E-state index contributed by atoms with van der Waals surface area (Å²) in [6.07, 6.45) is 0. The highest BCUT2D eigenvalue weighted by molar-refractivity contribution is 6.30. The molecule has 19 heavy (non-hydrogen) atoms. The zero-order valence-electron chi connectivity index (χ0n) is 9.46. The first kappa shape index (κ1) is 12.8. The third-order valence-corrected chi connectivity index (χ3v) is 2.35. The number of hydrogen-bond acceptors (Lipinski definition) is 6. The van der Waals surface area contributed by atoms with E-state index in [0.29, 0.717) is 5.02 Å². The molecular weight excluding hydrogens is 274 g/mol. The molecule has 98 valence electrons. The Balaban J connectivity index is 2.08. The molecule has 0 aliphatic carbocycles. The van der Waals surface area contributed by atoms with E-state index in [1.165, 1.54) is 12.1 Å². The molecule has 0 saturated carbocycles. The van der Waals surface area contributed by atoms with Crippen molar-refractivity contribution in [1.82, 2.24) is 5.16 Å². The molecule has 0 fully saturated rings. The van der Waals surface area contributed by atoms with Gasteiger partial charge in [-0.2, -0.15) is 0 Å². The van der Waals surface area contributed by atoms with Crippen molar-refractivity contribution in [3.63, 3.8) is 0 Å². The maximum Gasteiger partial charge on any atom is 0.365 e. The normalized spacial score (nSPS) is 11.3. The lowest BCUT2D eigenvalue weighted by Gasteiger charge is -1.98. The van der Waals surface area contributed by atoms with Gasteiger partial charge < -0.3 is 16.3 Å². The number of nitrogens with zero attached hydrogens (tertiary/aromatic N) is 2. The van der Waals surface area contributed by atoms with Gasteiger partial charge in [0.2, 0.25) is 5.84 Å². The number of nitrogens with two attached hydrogens (primary N) is 2. The van der Waals surface area contributed by atoms with Crippen molar-refractivity contribution >= 4 is 29.2 Å². The standard InChI is InChI=1S/C10H8ClN5O3/c11-6-3-1-5(2-4-6)10(17)18-15-8(12)7-9(13)16-19-14-7/h1-4H,(H2,12,15)(H2,13,16)/p+1. The fourth-order valence-electron chi connectivity index (χ4n) is 1.17. The summed E-state index contributed by atoms with van der Waals surface area (Å²) in [5.74, 6) is -0.806. The average molecular weight is 283 g/mol. The zero-order valence-corrected chi connectivity index (χ0v) is 10.2. The number of nitrogens with one attached hydrogen (secondary N) is 1. The van der Waals surface area contributed by atoms with Crippen molar-refractivity contribution in [3.05, 3.63) is 40.5 Å². The summed E-state index contributed by atoms with van der Waals surface area (Å²) in [6.45, 7) is 0. The molecule has 0 amide bonds. The minimum absolute atomic E-state index is 0.0592. The van der Waals surface area contributed by atoms with E-state index in [2.05, 4.69) is 24.9 Å². The molecule has 0 radical (unpaired) electrons. The number of hydrogen-bond donors (Lipinski definition) is 2. The molecule has 0 saturated heterocycles. The van der Waals surface area contributed by atoms with Gasteiger partial charge in [0.1, 0.15) is 0 Å². The molecule has 5 N–H and O–H groups in total. The van der Waals surface area contributed by atoms with Gasteiger partial charge in [-0.25, -0.2) is 4.79 Å². The summed E-state index contributed by atoms with van der Waals surface area (Å²) in [7, 11) is 0. The third kappa shape index (κ3) is 2.99. The van der Waals surface area contributed by atoms with Crippen LogP contribution >= 0.6 is 11.6 Å². The Hall–Kier alpha value is -2.61. The van der Waals surface area contributed by atoms with Crippen LogP contribution in [0.4, 0.5) is 5.82 Å². The molecule has 0 unspecified atom stereocenters. The molecule has 8 nitrogen and oxygen atoms in total. The first-order valence-corrected chi connectivity index (χ1v) is 5.39. The second kappa shape index (κ2) is 5.36. The number of benzene rings is 1. The van der Waals surface area contributed by atoms with Crippen LogP contribution in [-0.2, 0) is 4.84 Å². The van der Waals surface area contributed by atoms with Gasteiger partial charge in [-0.05, 0) is 24.3 Å². The van der Waals surface area contributed by atoms with Gasteiger partial charge in [-0.3, -0.25) is 0 Å². The first-order chi connectivity index (χ1) is 9.08. The highest BCUT2D eigenvalue weighted by Crippen LogP contribution is 2.10. The van der Waals surface area contributed by atoms with Crippen molar-refractivity contribution in [2.75, 3.05) is 5.73 Å². The van der Waals surface area contributed by atoms with Gasteiger partial charge in [0, 0.05) is 5.02 Å². The van der Waals surface area contributed by atoms with E-state index < -0.39 is 5.97 Å². The van der Waals surface area contributed by atoms with Crippen LogP contribution in [0.15, 0.2) is 34.1 Å². The summed E-state index contributed by atoms with van der Waals surface area (Å²) >= 11 is 5.69. The van der Waals surface area contributed by atoms with E-state index in [1.807, 2.05) is 0 Å². The maximum absolute atomic E-state index is 11.6. The number of amidine groups is 1. The number of nitrogen functional groups attached to an aromatic ring is 1. The second-order valence-electron chi connectivity index (χ2n) is 3.41. The molecule has 1 aromatic heterocycles. The van der Waals surface area contributed by atoms with Crippen molar-refractivity contribution in [2.45, 2.75) is 0 Å². The van der Waals surface area contributed by atoms with Crippen LogP contribution in [-0.4, -0.2) is 17.0 Å². The number of anilines is 1. The first-order valence-electron chi connectivity index (χ1n) is 5.01. The SMILES string of the molecule is NC(=NOC(=O)c1ccc(Cl)cc1)c1no[nH+]c1N. The Labute approximate surface area is 111 Å². The highest BCUT2D eigenvalue weighted by Gasteiger charge is 2.18. The molecule has 1 aromatic carbocycles. The van der Waals surface area contributed by atoms with Crippen LogP contribution in [0, 0.1) is 0 Å². The lowest BCUT2D eigenvalue weighted by atomic mass is 10.2. The number of carbonyl (C=O) groups is 1. The van der Waals surface area contributed by atoms with Crippen LogP contribution in [0.5, 0.6) is 0 Å². The van der Waals surface area contributed by atoms with E-state index in [1.54, 1.807) is 12.1 Å². The summed E-state index contributed by atoms with van der Waals surface area (Å²) < 4.78 is 4.46. The van der Waals surface area contributed by atoms with E-state index in [0.717, 1.165) is 0 Å². The topological polar surface area (TPSA) is 131 Å². The summed E-state index contributed by atoms with van der Waals surface area (Å²) in [4.78, 5) is 16.2. The summed E-state index contributed by atoms with van der Waals surface area (Å²) in [5.41, 5.74) is 11.3. The smallest absolute Gasteiger partial charge is 0.365 e. The fourth-order valence-corrected chi connectivity index (χ4v) is 1.30. The van der Waals surface area contributed by atoms with Gasteiger partial charge in [-0.15, -0.1) is 4.63 Å². The minimum Gasteiger partial charge on any atom is -0.378 e. The van der Waals surface area contributed by atoms with Gasteiger partial charge in [0.15, 0.2) is 0 Å². The number of rotatable bonds is 3. The van der Waals surface area contributed by atoms with Crippen LogP contribution in [0.1, 0.15) is 16.1 Å². The van der Waals surface area contributed by atoms with Crippen molar-refractivity contribution < 1.29 is 19.4 Å². The fraction of sp³-hybridized carbons (Fsp3) is 0. The molecule has 1 heterocycles. The Bertz CT molecular complexity index is 622. The molecule has 2 rings (SSSR count). The number of aromatic nitrogens is 2. The van der Waals surface area contributed by atoms with E-state index in [-0.39, 0.29) is 22.9 Å². The molecule has 0 aliphatic heterocycles. The van der Waals surface area contributed by atoms with Crippen LogP contribution in [0.25, 0.3) is 0 Å². The summed E-state index contributed by atoms with van der Waals surface area (Å²) in [5, 5.41) is 9.63. The second-order valence-corrected chi connectivity index (χ2v) is 3.85. The lowest BCUT2D eigenvalue weighted by molar-refractivity contribution is -0.610. The Morgan fingerprint density at radius 2 is 2.11 bits per heavy atom. The minimum atomic E-state index is -0.689. The van der Waals surface area contributed by atoms with Gasteiger partial charge in [0.25, 0.3) is 0 Å². The van der Waals surface area contributed by atoms with Gasteiger partial charge >= 0.3 is 17.5 Å². The number of aromatic amines is 1. The molecule has 0 atom stereocenters. The average Bonchev–Trinajstić information content (AvgIpc) is 2.83. The van der Waals surface area contributed by atoms with E-state index in [4.69, 9.17) is 23.1 Å². The Morgan fingerprint density at radius 3 is 2.68 bits per heavy atom. The Kier molecular flexibility index (Phi) is 3.62. The molecule has 2 aromatic rings. The molecule has 9 heteroatoms. The van der Waals surface area contributed by atoms with Gasteiger partial charge in [-0.1, -0.05) is 21.9 Å². The number of carbonyl (C=O) groups excluding carboxylic acids is 1. The van der Waals surface area contributed by atoms with Gasteiger partial charge in [0.05, 0.1) is 10.7 Å². The number of H-pyrrole nitrogens is 1. The van der Waals surface area contributed by atoms with Crippen LogP contribution in [0.2, 0.25) is 5.02 Å². The van der Waals surface area contributed by atoms with Crippen molar-refractivity contribution in [2.24, 2.45) is 10.9 Å². The maximum atomic E-state index is 11.6. The molecular formula is C10H9ClN5O3+. The highest BCUT2D eigenvalue weighted by atomic mass is 35.5. The quantitative estimate of drug-likeness (QED) is 0.358. The predicted molar refractivity (Wildman–Crippen MR) is 65.1 cm³/mol. The largest absolute Gasteiger partial charge is 0.378 e. The Morgan fingerprint density at radius 1 is 1.42 bits per heavy atom. The monoisotopic (exact) mass is 282 g/mol. The van der Waals surface area contributed by atoms with Crippen LogP contribution in [0.3, 0.4) is 0 Å². The van der Waals surface area contributed by atoms with E-state index >= 15 is 0 Å². The molecule has 0 spiro atoms. The van der Waals surface area contributed by atoms with Crippen molar-refractivity contribution in [1.29, 1.82) is 0 Å². The molecule has 0 aliphatic rings. The van der Waals surface area contributed by atoms with Crippen LogP contribution < -0.4 is 16.6 Å². The molecule has 0 bridgehead atoms. The predicted octanol–water partition coefficient (Wildman–Crippen LogP) is 0.202. The summed E-state index contributed by atoms with van der Waals surface area (Å²) in [6, 6.07) is 6.09. The lowest BCUT2D eigenvalue weighted by Crippen LogP contribution is -2.18. The number of halogens is 1. The zero-order chi connectivity index (χ0) is 13.8. The third-order valence-electron chi connectivity index (χ3n) is 2.10.